The maximum Gasteiger partial charge on any atom is 0.250 e. The highest BCUT2D eigenvalue weighted by molar-refractivity contribution is 5.96. The summed E-state index contributed by atoms with van der Waals surface area (Å²) in [6.45, 7) is 1.34. The number of para-hydroxylation sites is 1. The Bertz CT molecular complexity index is 1240. The molecule has 0 bridgehead atoms. The van der Waals surface area contributed by atoms with E-state index in [2.05, 4.69) is 10.2 Å². The zero-order chi connectivity index (χ0) is 28.1. The summed E-state index contributed by atoms with van der Waals surface area (Å²) in [5.74, 6) is -0.595. The number of nitrogens with zero attached hydrogens (tertiary/aromatic N) is 3. The fourth-order valence-corrected chi connectivity index (χ4v) is 6.43. The van der Waals surface area contributed by atoms with Crippen LogP contribution in [0, 0.1) is 0 Å². The largest absolute Gasteiger partial charge is 0.366 e. The molecule has 3 aliphatic rings. The van der Waals surface area contributed by atoms with E-state index in [4.69, 9.17) is 5.73 Å². The molecule has 2 aromatic rings. The molecule has 0 atom stereocenters. The third-order valence-corrected chi connectivity index (χ3v) is 8.67. The molecule has 3 fully saturated rings. The quantitative estimate of drug-likeness (QED) is 0.529. The van der Waals surface area contributed by atoms with Gasteiger partial charge in [-0.1, -0.05) is 49.6 Å². The molecule has 0 radical (unpaired) electrons. The predicted octanol–water partition coefficient (Wildman–Crippen LogP) is 2.83. The van der Waals surface area contributed by atoms with Crippen molar-refractivity contribution in [2.45, 2.75) is 69.4 Å². The third kappa shape index (κ3) is 5.98. The number of anilines is 1. The number of primary amides is 1. The summed E-state index contributed by atoms with van der Waals surface area (Å²) in [7, 11) is 0. The minimum Gasteiger partial charge on any atom is -0.366 e. The van der Waals surface area contributed by atoms with Crippen molar-refractivity contribution in [2.75, 3.05) is 31.2 Å². The van der Waals surface area contributed by atoms with E-state index in [-0.39, 0.29) is 30.3 Å². The Morgan fingerprint density at radius 1 is 0.950 bits per heavy atom. The molecule has 9 heteroatoms. The number of benzene rings is 2. The molecule has 2 heterocycles. The molecule has 2 aliphatic heterocycles. The Kier molecular flexibility index (Phi) is 8.38. The smallest absolute Gasteiger partial charge is 0.250 e. The fraction of sp³-hybridized carbons (Fsp3) is 0.484. The maximum atomic E-state index is 13.9. The minimum absolute atomic E-state index is 0.0275. The highest BCUT2D eigenvalue weighted by Gasteiger charge is 2.54. The summed E-state index contributed by atoms with van der Waals surface area (Å²) in [6, 6.07) is 17.1. The third-order valence-electron chi connectivity index (χ3n) is 8.67. The molecule has 5 rings (SSSR count). The van der Waals surface area contributed by atoms with Crippen molar-refractivity contribution in [2.24, 2.45) is 5.73 Å². The zero-order valence-corrected chi connectivity index (χ0v) is 23.0. The van der Waals surface area contributed by atoms with E-state index >= 15 is 0 Å². The monoisotopic (exact) mass is 545 g/mol. The first-order valence-corrected chi connectivity index (χ1v) is 14.4. The number of carbonyl (C=O) groups is 4. The van der Waals surface area contributed by atoms with Gasteiger partial charge in [0.05, 0.1) is 6.67 Å². The van der Waals surface area contributed by atoms with Crippen molar-refractivity contribution in [3.63, 3.8) is 0 Å². The molecule has 9 nitrogen and oxygen atoms in total. The molecule has 40 heavy (non-hydrogen) atoms. The van der Waals surface area contributed by atoms with E-state index in [0.717, 1.165) is 36.9 Å². The van der Waals surface area contributed by atoms with Crippen LogP contribution < -0.4 is 16.0 Å². The lowest BCUT2D eigenvalue weighted by atomic mass is 9.85. The standard InChI is InChI=1S/C31H39N5O4/c32-29(39)24-9-7-8-23(20-24)14-15-28(38)34-18-16-31(17-19-34)30(40)35(22-36(31)26-12-5-2-6-13-26)21-27(37)33-25-10-3-1-4-11-25/h2,5-9,12-13,20,25H,1,3-4,10-11,14-19,21-22H2,(H2,32,39)(H,33,37). The lowest BCUT2D eigenvalue weighted by Crippen LogP contribution is -2.57. The number of amides is 4. The topological polar surface area (TPSA) is 116 Å². The van der Waals surface area contributed by atoms with Crippen LogP contribution >= 0.6 is 0 Å². The van der Waals surface area contributed by atoms with Gasteiger partial charge in [-0.05, 0) is 61.9 Å². The van der Waals surface area contributed by atoms with Gasteiger partial charge < -0.3 is 25.8 Å². The SMILES string of the molecule is NC(=O)c1cccc(CCC(=O)N2CCC3(CC2)C(=O)N(CC(=O)NC2CCCCC2)CN3c2ccccc2)c1. The van der Waals surface area contributed by atoms with Gasteiger partial charge in [-0.3, -0.25) is 19.2 Å². The van der Waals surface area contributed by atoms with Crippen LogP contribution in [0.3, 0.4) is 0 Å². The van der Waals surface area contributed by atoms with Gasteiger partial charge in [0.1, 0.15) is 12.1 Å². The number of nitrogens with two attached hydrogens (primary N) is 1. The summed E-state index contributed by atoms with van der Waals surface area (Å²) in [6.07, 6.45) is 7.32. The molecule has 1 aliphatic carbocycles. The molecule has 4 amide bonds. The molecule has 1 spiro atoms. The number of rotatable bonds is 8. The highest BCUT2D eigenvalue weighted by atomic mass is 16.2. The van der Waals surface area contributed by atoms with Gasteiger partial charge in [-0.2, -0.15) is 0 Å². The lowest BCUT2D eigenvalue weighted by Gasteiger charge is -2.43. The van der Waals surface area contributed by atoms with Crippen molar-refractivity contribution < 1.29 is 19.2 Å². The van der Waals surface area contributed by atoms with E-state index < -0.39 is 11.4 Å². The zero-order valence-electron chi connectivity index (χ0n) is 23.0. The van der Waals surface area contributed by atoms with Crippen LogP contribution in [0.1, 0.15) is 67.3 Å². The van der Waals surface area contributed by atoms with Gasteiger partial charge in [0.15, 0.2) is 0 Å². The average molecular weight is 546 g/mol. The average Bonchev–Trinajstić information content (AvgIpc) is 3.23. The molecule has 212 valence electrons. The van der Waals surface area contributed by atoms with Crippen LogP contribution in [0.2, 0.25) is 0 Å². The Hall–Kier alpha value is -3.88. The van der Waals surface area contributed by atoms with E-state index in [9.17, 15) is 19.2 Å². The van der Waals surface area contributed by atoms with Crippen molar-refractivity contribution in [3.8, 4) is 0 Å². The van der Waals surface area contributed by atoms with E-state index in [1.807, 2.05) is 41.3 Å². The minimum atomic E-state index is -0.779. The first-order valence-electron chi connectivity index (χ1n) is 14.4. The van der Waals surface area contributed by atoms with Crippen LogP contribution in [0.15, 0.2) is 54.6 Å². The molecule has 2 aromatic carbocycles. The summed E-state index contributed by atoms with van der Waals surface area (Å²) in [4.78, 5) is 57.1. The number of piperidine rings is 1. The first-order chi connectivity index (χ1) is 19.4. The van der Waals surface area contributed by atoms with Crippen LogP contribution in [-0.2, 0) is 20.8 Å². The van der Waals surface area contributed by atoms with Gasteiger partial charge in [-0.25, -0.2) is 0 Å². The van der Waals surface area contributed by atoms with Crippen molar-refractivity contribution in [1.82, 2.24) is 15.1 Å². The second-order valence-corrected chi connectivity index (χ2v) is 11.3. The Morgan fingerprint density at radius 3 is 2.38 bits per heavy atom. The summed E-state index contributed by atoms with van der Waals surface area (Å²) in [5, 5.41) is 3.14. The van der Waals surface area contributed by atoms with Gasteiger partial charge in [0.25, 0.3) is 5.91 Å². The highest BCUT2D eigenvalue weighted by Crippen LogP contribution is 2.39. The number of nitrogens with one attached hydrogen (secondary N) is 1. The van der Waals surface area contributed by atoms with Crippen molar-refractivity contribution in [3.05, 3.63) is 65.7 Å². The number of aryl methyl sites for hydroxylation is 1. The van der Waals surface area contributed by atoms with Gasteiger partial charge >= 0.3 is 0 Å². The van der Waals surface area contributed by atoms with Crippen molar-refractivity contribution in [1.29, 1.82) is 0 Å². The van der Waals surface area contributed by atoms with Crippen LogP contribution in [0.25, 0.3) is 0 Å². The van der Waals surface area contributed by atoms with E-state index in [1.165, 1.54) is 6.42 Å². The van der Waals surface area contributed by atoms with Crippen LogP contribution in [0.4, 0.5) is 5.69 Å². The summed E-state index contributed by atoms with van der Waals surface area (Å²) < 4.78 is 0. The second kappa shape index (κ2) is 12.1. The van der Waals surface area contributed by atoms with Crippen molar-refractivity contribution >= 4 is 29.3 Å². The normalized spacial score (nSPS) is 19.2. The summed E-state index contributed by atoms with van der Waals surface area (Å²) in [5.41, 5.74) is 6.87. The molecular weight excluding hydrogens is 506 g/mol. The van der Waals surface area contributed by atoms with Gasteiger partial charge in [-0.15, -0.1) is 0 Å². The van der Waals surface area contributed by atoms with Gasteiger partial charge in [0.2, 0.25) is 17.7 Å². The van der Waals surface area contributed by atoms with Crippen LogP contribution in [0.5, 0.6) is 0 Å². The van der Waals surface area contributed by atoms with Gasteiger partial charge in [0, 0.05) is 36.8 Å². The Morgan fingerprint density at radius 2 is 1.68 bits per heavy atom. The molecule has 1 saturated carbocycles. The van der Waals surface area contributed by atoms with E-state index in [1.54, 1.807) is 23.1 Å². The number of carbonyl (C=O) groups excluding carboxylic acids is 4. The second-order valence-electron chi connectivity index (χ2n) is 11.3. The van der Waals surface area contributed by atoms with Crippen LogP contribution in [-0.4, -0.2) is 71.3 Å². The lowest BCUT2D eigenvalue weighted by molar-refractivity contribution is -0.140. The predicted molar refractivity (Wildman–Crippen MR) is 152 cm³/mol. The number of likely N-dealkylation sites (tertiary alicyclic amines) is 1. The number of hydrogen-bond acceptors (Lipinski definition) is 5. The number of hydrogen-bond donors (Lipinski definition) is 2. The van der Waals surface area contributed by atoms with E-state index in [0.29, 0.717) is 51.0 Å². The Labute approximate surface area is 235 Å². The first kappa shape index (κ1) is 27.7. The molecular formula is C31H39N5O4. The Balaban J connectivity index is 1.23. The molecule has 3 N–H and O–H groups in total. The summed E-state index contributed by atoms with van der Waals surface area (Å²) >= 11 is 0. The fourth-order valence-electron chi connectivity index (χ4n) is 6.43. The molecule has 2 saturated heterocycles. The maximum absolute atomic E-state index is 13.9. The molecule has 0 aromatic heterocycles. The molecule has 0 unspecified atom stereocenters.